The number of amides is 1. The molecule has 0 bridgehead atoms. The van der Waals surface area contributed by atoms with E-state index in [-0.39, 0.29) is 6.09 Å². The lowest BCUT2D eigenvalue weighted by atomic mass is 10.2. The first-order valence-corrected chi connectivity index (χ1v) is 7.10. The van der Waals surface area contributed by atoms with Gasteiger partial charge >= 0.3 is 6.09 Å². The SMILES string of the molecule is CCCN1CC2C(CNC(=O)OC(C)(C)C)C2C1. The Balaban J connectivity index is 1.63. The van der Waals surface area contributed by atoms with Crippen LogP contribution in [-0.4, -0.2) is 42.8 Å². The predicted octanol–water partition coefficient (Wildman–Crippen LogP) is 2.10. The van der Waals surface area contributed by atoms with Crippen LogP contribution in [0.2, 0.25) is 0 Å². The van der Waals surface area contributed by atoms with Gasteiger partial charge in [0.1, 0.15) is 5.60 Å². The summed E-state index contributed by atoms with van der Waals surface area (Å²) in [4.78, 5) is 14.1. The van der Waals surface area contributed by atoms with Gasteiger partial charge in [-0.15, -0.1) is 0 Å². The molecule has 1 saturated heterocycles. The molecule has 0 radical (unpaired) electrons. The number of likely N-dealkylation sites (tertiary alicyclic amines) is 1. The van der Waals surface area contributed by atoms with Crippen molar-refractivity contribution in [1.29, 1.82) is 0 Å². The van der Waals surface area contributed by atoms with Crippen LogP contribution >= 0.6 is 0 Å². The number of carbonyl (C=O) groups is 1. The Morgan fingerprint density at radius 2 is 1.94 bits per heavy atom. The molecule has 4 heteroatoms. The van der Waals surface area contributed by atoms with E-state index in [0.29, 0.717) is 5.92 Å². The lowest BCUT2D eigenvalue weighted by molar-refractivity contribution is 0.0522. The van der Waals surface area contributed by atoms with Crippen molar-refractivity contribution >= 4 is 6.09 Å². The van der Waals surface area contributed by atoms with Gasteiger partial charge in [0.25, 0.3) is 0 Å². The number of rotatable bonds is 4. The molecule has 2 rings (SSSR count). The number of piperidine rings is 1. The number of carbonyl (C=O) groups excluding carboxylic acids is 1. The van der Waals surface area contributed by atoms with E-state index in [1.54, 1.807) is 0 Å². The van der Waals surface area contributed by atoms with Gasteiger partial charge in [-0.1, -0.05) is 6.92 Å². The highest BCUT2D eigenvalue weighted by atomic mass is 16.6. The summed E-state index contributed by atoms with van der Waals surface area (Å²) in [5.74, 6) is 2.31. The molecule has 2 aliphatic rings. The van der Waals surface area contributed by atoms with Crippen LogP contribution in [0, 0.1) is 17.8 Å². The molecule has 1 aliphatic heterocycles. The van der Waals surface area contributed by atoms with E-state index >= 15 is 0 Å². The average Bonchev–Trinajstić information content (AvgIpc) is 2.66. The fourth-order valence-corrected chi connectivity index (χ4v) is 3.05. The predicted molar refractivity (Wildman–Crippen MR) is 71.4 cm³/mol. The van der Waals surface area contributed by atoms with Crippen LogP contribution in [0.5, 0.6) is 0 Å². The van der Waals surface area contributed by atoms with E-state index in [0.717, 1.165) is 18.4 Å². The van der Waals surface area contributed by atoms with E-state index in [4.69, 9.17) is 4.74 Å². The third-order valence-corrected chi connectivity index (χ3v) is 3.87. The van der Waals surface area contributed by atoms with E-state index in [1.807, 2.05) is 20.8 Å². The van der Waals surface area contributed by atoms with Gasteiger partial charge in [-0.25, -0.2) is 4.79 Å². The van der Waals surface area contributed by atoms with Crippen LogP contribution < -0.4 is 5.32 Å². The molecule has 2 fully saturated rings. The van der Waals surface area contributed by atoms with Crippen molar-refractivity contribution < 1.29 is 9.53 Å². The molecule has 0 spiro atoms. The standard InChI is InChI=1S/C14H26N2O2/c1-5-6-16-8-11-10(12(11)9-16)7-15-13(17)18-14(2,3)4/h10-12H,5-9H2,1-4H3,(H,15,17). The summed E-state index contributed by atoms with van der Waals surface area (Å²) >= 11 is 0. The van der Waals surface area contributed by atoms with Crippen molar-refractivity contribution in [2.45, 2.75) is 39.7 Å². The number of hydrogen-bond donors (Lipinski definition) is 1. The zero-order chi connectivity index (χ0) is 13.3. The number of hydrogen-bond acceptors (Lipinski definition) is 3. The van der Waals surface area contributed by atoms with Gasteiger partial charge in [-0.05, 0) is 51.5 Å². The minimum Gasteiger partial charge on any atom is -0.444 e. The molecule has 2 atom stereocenters. The molecule has 2 unspecified atom stereocenters. The molecule has 18 heavy (non-hydrogen) atoms. The van der Waals surface area contributed by atoms with E-state index in [9.17, 15) is 4.79 Å². The molecule has 1 aliphatic carbocycles. The van der Waals surface area contributed by atoms with Gasteiger partial charge in [0.2, 0.25) is 0 Å². The van der Waals surface area contributed by atoms with E-state index in [2.05, 4.69) is 17.1 Å². The summed E-state index contributed by atoms with van der Waals surface area (Å²) in [6.45, 7) is 12.3. The van der Waals surface area contributed by atoms with Gasteiger partial charge in [0, 0.05) is 19.6 Å². The van der Waals surface area contributed by atoms with Crippen LogP contribution in [0.3, 0.4) is 0 Å². The maximum absolute atomic E-state index is 11.5. The molecule has 0 aromatic carbocycles. The fraction of sp³-hybridized carbons (Fsp3) is 0.929. The smallest absolute Gasteiger partial charge is 0.407 e. The minimum absolute atomic E-state index is 0.280. The average molecular weight is 254 g/mol. The maximum atomic E-state index is 11.5. The van der Waals surface area contributed by atoms with Crippen molar-refractivity contribution in [2.24, 2.45) is 17.8 Å². The molecule has 1 N–H and O–H groups in total. The molecule has 4 nitrogen and oxygen atoms in total. The highest BCUT2D eigenvalue weighted by molar-refractivity contribution is 5.67. The molecular weight excluding hydrogens is 228 g/mol. The number of fused-ring (bicyclic) bond motifs is 1. The van der Waals surface area contributed by atoms with Gasteiger partial charge < -0.3 is 15.0 Å². The van der Waals surface area contributed by atoms with Gasteiger partial charge in [0.05, 0.1) is 0 Å². The van der Waals surface area contributed by atoms with Gasteiger partial charge in [-0.3, -0.25) is 0 Å². The summed E-state index contributed by atoms with van der Waals surface area (Å²) in [6, 6.07) is 0. The second kappa shape index (κ2) is 5.08. The van der Waals surface area contributed by atoms with Crippen molar-refractivity contribution in [3.63, 3.8) is 0 Å². The lowest BCUT2D eigenvalue weighted by Gasteiger charge is -2.21. The molecule has 104 valence electrons. The Hall–Kier alpha value is -0.770. The van der Waals surface area contributed by atoms with E-state index in [1.165, 1.54) is 26.1 Å². The molecule has 1 amide bonds. The maximum Gasteiger partial charge on any atom is 0.407 e. The van der Waals surface area contributed by atoms with Crippen molar-refractivity contribution in [3.8, 4) is 0 Å². The summed E-state index contributed by atoms with van der Waals surface area (Å²) < 4.78 is 5.24. The summed E-state index contributed by atoms with van der Waals surface area (Å²) in [6.07, 6.45) is 0.957. The first kappa shape index (κ1) is 13.7. The largest absolute Gasteiger partial charge is 0.444 e. The van der Waals surface area contributed by atoms with Crippen LogP contribution in [-0.2, 0) is 4.74 Å². The zero-order valence-electron chi connectivity index (χ0n) is 12.0. The molecule has 1 heterocycles. The number of ether oxygens (including phenoxy) is 1. The van der Waals surface area contributed by atoms with Crippen LogP contribution in [0.15, 0.2) is 0 Å². The van der Waals surface area contributed by atoms with Crippen molar-refractivity contribution in [1.82, 2.24) is 10.2 Å². The second-order valence-corrected chi connectivity index (χ2v) is 6.63. The Bertz CT molecular complexity index is 299. The fourth-order valence-electron chi connectivity index (χ4n) is 3.05. The third-order valence-electron chi connectivity index (χ3n) is 3.87. The Morgan fingerprint density at radius 1 is 1.33 bits per heavy atom. The summed E-state index contributed by atoms with van der Waals surface area (Å²) in [7, 11) is 0. The lowest BCUT2D eigenvalue weighted by Crippen LogP contribution is -2.35. The van der Waals surface area contributed by atoms with Gasteiger partial charge in [0.15, 0.2) is 0 Å². The monoisotopic (exact) mass is 254 g/mol. The normalized spacial score (nSPS) is 31.0. The number of nitrogens with one attached hydrogen (secondary N) is 1. The number of nitrogens with zero attached hydrogens (tertiary/aromatic N) is 1. The summed E-state index contributed by atoms with van der Waals surface area (Å²) in [5, 5.41) is 2.90. The van der Waals surface area contributed by atoms with Crippen molar-refractivity contribution in [3.05, 3.63) is 0 Å². The number of alkyl carbamates (subject to hydrolysis) is 1. The molecule has 0 aromatic heterocycles. The molecule has 0 aromatic rings. The highest BCUT2D eigenvalue weighted by Crippen LogP contribution is 2.51. The third kappa shape index (κ3) is 3.37. The molecule has 1 saturated carbocycles. The second-order valence-electron chi connectivity index (χ2n) is 6.63. The quantitative estimate of drug-likeness (QED) is 0.835. The summed E-state index contributed by atoms with van der Waals surface area (Å²) in [5.41, 5.74) is -0.401. The van der Waals surface area contributed by atoms with Gasteiger partial charge in [-0.2, -0.15) is 0 Å². The van der Waals surface area contributed by atoms with Crippen LogP contribution in [0.1, 0.15) is 34.1 Å². The Kier molecular flexibility index (Phi) is 3.85. The highest BCUT2D eigenvalue weighted by Gasteiger charge is 2.54. The Labute approximate surface area is 110 Å². The van der Waals surface area contributed by atoms with Crippen LogP contribution in [0.4, 0.5) is 4.79 Å². The topological polar surface area (TPSA) is 41.6 Å². The minimum atomic E-state index is -0.401. The zero-order valence-corrected chi connectivity index (χ0v) is 12.0. The van der Waals surface area contributed by atoms with Crippen molar-refractivity contribution in [2.75, 3.05) is 26.2 Å². The van der Waals surface area contributed by atoms with E-state index < -0.39 is 5.60 Å². The first-order valence-electron chi connectivity index (χ1n) is 7.10. The van der Waals surface area contributed by atoms with Crippen LogP contribution in [0.25, 0.3) is 0 Å². The Morgan fingerprint density at radius 3 is 2.44 bits per heavy atom. The molecular formula is C14H26N2O2. The first-order chi connectivity index (χ1) is 8.40.